The monoisotopic (exact) mass is 322 g/mol. The Labute approximate surface area is 139 Å². The first-order chi connectivity index (χ1) is 11.7. The maximum absolute atomic E-state index is 12.1. The van der Waals surface area contributed by atoms with Crippen LogP contribution >= 0.6 is 0 Å². The Hall–Kier alpha value is -2.73. The van der Waals surface area contributed by atoms with Gasteiger partial charge in [-0.25, -0.2) is 4.98 Å². The van der Waals surface area contributed by atoms with Crippen molar-refractivity contribution in [2.24, 2.45) is 0 Å². The number of H-pyrrole nitrogens is 1. The van der Waals surface area contributed by atoms with Gasteiger partial charge in [-0.05, 0) is 38.0 Å². The van der Waals surface area contributed by atoms with Crippen molar-refractivity contribution in [3.05, 3.63) is 42.4 Å². The van der Waals surface area contributed by atoms with Gasteiger partial charge >= 0.3 is 0 Å². The summed E-state index contributed by atoms with van der Waals surface area (Å²) in [6.07, 6.45) is 4.88. The Balaban J connectivity index is 1.60. The van der Waals surface area contributed by atoms with Crippen LogP contribution in [0.25, 0.3) is 22.2 Å². The molecule has 0 spiro atoms. The predicted molar refractivity (Wildman–Crippen MR) is 91.7 cm³/mol. The number of fused-ring (bicyclic) bond motifs is 1. The van der Waals surface area contributed by atoms with Crippen molar-refractivity contribution in [3.63, 3.8) is 0 Å². The normalized spacial score (nSPS) is 17.3. The summed E-state index contributed by atoms with van der Waals surface area (Å²) in [5.41, 5.74) is 3.97. The van der Waals surface area contributed by atoms with Crippen LogP contribution < -0.4 is 5.32 Å². The van der Waals surface area contributed by atoms with Gasteiger partial charge < -0.3 is 15.0 Å². The van der Waals surface area contributed by atoms with Crippen molar-refractivity contribution < 1.29 is 9.53 Å². The van der Waals surface area contributed by atoms with Gasteiger partial charge in [0.1, 0.15) is 11.9 Å². The van der Waals surface area contributed by atoms with Crippen molar-refractivity contribution in [2.75, 3.05) is 11.9 Å². The standard InChI is InChI=1S/C18H18N4O2/c1-11-7-12(4-5-19-11)14-8-13-10-20-17(9-15(13)21-14)22-18(23)16-3-2-6-24-16/h4-5,7-10,16,21H,2-3,6H2,1H3,(H,20,22,23)/t16-/m0/s1. The topological polar surface area (TPSA) is 79.9 Å². The number of aromatic amines is 1. The summed E-state index contributed by atoms with van der Waals surface area (Å²) in [4.78, 5) is 24.0. The Morgan fingerprint density at radius 2 is 2.25 bits per heavy atom. The molecule has 4 rings (SSSR count). The van der Waals surface area contributed by atoms with Crippen molar-refractivity contribution in [1.29, 1.82) is 0 Å². The SMILES string of the molecule is Cc1cc(-c2cc3cnc(NC(=O)[C@@H]4CCCO4)cc3[nH]2)ccn1. The van der Waals surface area contributed by atoms with Gasteiger partial charge in [0, 0.05) is 47.4 Å². The lowest BCUT2D eigenvalue weighted by Crippen LogP contribution is -2.27. The molecule has 1 aliphatic heterocycles. The summed E-state index contributed by atoms with van der Waals surface area (Å²) in [6.45, 7) is 2.61. The maximum Gasteiger partial charge on any atom is 0.254 e. The molecule has 4 heterocycles. The van der Waals surface area contributed by atoms with E-state index in [1.807, 2.05) is 31.2 Å². The van der Waals surface area contributed by atoms with Gasteiger partial charge in [-0.1, -0.05) is 0 Å². The molecular formula is C18H18N4O2. The molecule has 0 aliphatic carbocycles. The molecule has 2 N–H and O–H groups in total. The minimum absolute atomic E-state index is 0.129. The van der Waals surface area contributed by atoms with E-state index in [1.54, 1.807) is 12.4 Å². The van der Waals surface area contributed by atoms with Crippen LogP contribution in [0.3, 0.4) is 0 Å². The number of carbonyl (C=O) groups is 1. The molecule has 3 aromatic rings. The molecule has 0 bridgehead atoms. The Kier molecular flexibility index (Phi) is 3.74. The van der Waals surface area contributed by atoms with Crippen LogP contribution in [0.5, 0.6) is 0 Å². The lowest BCUT2D eigenvalue weighted by atomic mass is 10.2. The van der Waals surface area contributed by atoms with E-state index in [9.17, 15) is 4.79 Å². The average Bonchev–Trinajstić information content (AvgIpc) is 3.24. The zero-order valence-corrected chi connectivity index (χ0v) is 13.4. The smallest absolute Gasteiger partial charge is 0.254 e. The van der Waals surface area contributed by atoms with Gasteiger partial charge in [0.2, 0.25) is 0 Å². The molecule has 6 heteroatoms. The molecule has 122 valence electrons. The van der Waals surface area contributed by atoms with Crippen LogP contribution in [0.1, 0.15) is 18.5 Å². The van der Waals surface area contributed by atoms with Gasteiger partial charge in [-0.2, -0.15) is 0 Å². The molecule has 1 fully saturated rings. The zero-order valence-electron chi connectivity index (χ0n) is 13.4. The predicted octanol–water partition coefficient (Wildman–Crippen LogP) is 3.05. The number of nitrogens with zero attached hydrogens (tertiary/aromatic N) is 2. The van der Waals surface area contributed by atoms with E-state index in [4.69, 9.17) is 4.74 Å². The third-order valence-electron chi connectivity index (χ3n) is 4.19. The van der Waals surface area contributed by atoms with Gasteiger partial charge in [0.05, 0.1) is 5.52 Å². The molecule has 1 amide bonds. The molecular weight excluding hydrogens is 304 g/mol. The van der Waals surface area contributed by atoms with E-state index in [0.717, 1.165) is 40.7 Å². The lowest BCUT2D eigenvalue weighted by molar-refractivity contribution is -0.124. The second kappa shape index (κ2) is 6.05. The van der Waals surface area contributed by atoms with E-state index in [1.165, 1.54) is 0 Å². The van der Waals surface area contributed by atoms with Crippen LogP contribution in [0.15, 0.2) is 36.7 Å². The largest absolute Gasteiger partial charge is 0.368 e. The molecule has 1 atom stereocenters. The summed E-state index contributed by atoms with van der Waals surface area (Å²) < 4.78 is 5.39. The Morgan fingerprint density at radius 3 is 3.04 bits per heavy atom. The molecule has 0 saturated carbocycles. The number of aromatic nitrogens is 3. The van der Waals surface area contributed by atoms with E-state index in [2.05, 4.69) is 20.3 Å². The van der Waals surface area contributed by atoms with Crippen LogP contribution in [-0.4, -0.2) is 33.6 Å². The number of ether oxygens (including phenoxy) is 1. The van der Waals surface area contributed by atoms with Crippen molar-refractivity contribution in [2.45, 2.75) is 25.9 Å². The number of hydrogen-bond acceptors (Lipinski definition) is 4. The molecule has 6 nitrogen and oxygen atoms in total. The third-order valence-corrected chi connectivity index (χ3v) is 4.19. The van der Waals surface area contributed by atoms with E-state index in [-0.39, 0.29) is 12.0 Å². The van der Waals surface area contributed by atoms with Gasteiger partial charge in [-0.15, -0.1) is 0 Å². The molecule has 3 aromatic heterocycles. The molecule has 0 radical (unpaired) electrons. The van der Waals surface area contributed by atoms with E-state index >= 15 is 0 Å². The van der Waals surface area contributed by atoms with Gasteiger partial charge in [0.25, 0.3) is 5.91 Å². The Morgan fingerprint density at radius 1 is 1.33 bits per heavy atom. The highest BCUT2D eigenvalue weighted by Crippen LogP contribution is 2.25. The number of rotatable bonds is 3. The quantitative estimate of drug-likeness (QED) is 0.776. The van der Waals surface area contributed by atoms with Crippen LogP contribution in [0, 0.1) is 6.92 Å². The highest BCUT2D eigenvalue weighted by atomic mass is 16.5. The first kappa shape index (κ1) is 14.8. The number of nitrogens with one attached hydrogen (secondary N) is 2. The minimum Gasteiger partial charge on any atom is -0.368 e. The molecule has 0 unspecified atom stereocenters. The maximum atomic E-state index is 12.1. The summed E-state index contributed by atoms with van der Waals surface area (Å²) in [5.74, 6) is 0.401. The first-order valence-corrected chi connectivity index (χ1v) is 8.03. The average molecular weight is 322 g/mol. The van der Waals surface area contributed by atoms with E-state index < -0.39 is 0 Å². The van der Waals surface area contributed by atoms with Crippen molar-refractivity contribution >= 4 is 22.6 Å². The molecule has 0 aromatic carbocycles. The first-order valence-electron chi connectivity index (χ1n) is 8.03. The van der Waals surface area contributed by atoms with Crippen LogP contribution in [0.2, 0.25) is 0 Å². The van der Waals surface area contributed by atoms with E-state index in [0.29, 0.717) is 12.4 Å². The lowest BCUT2D eigenvalue weighted by Gasteiger charge is -2.09. The zero-order chi connectivity index (χ0) is 16.5. The number of anilines is 1. The fourth-order valence-electron chi connectivity index (χ4n) is 2.95. The van der Waals surface area contributed by atoms with Crippen LogP contribution in [0.4, 0.5) is 5.82 Å². The van der Waals surface area contributed by atoms with Gasteiger partial charge in [0.15, 0.2) is 0 Å². The minimum atomic E-state index is -0.360. The summed E-state index contributed by atoms with van der Waals surface area (Å²) in [7, 11) is 0. The third kappa shape index (κ3) is 2.88. The highest BCUT2D eigenvalue weighted by molar-refractivity contribution is 5.95. The van der Waals surface area contributed by atoms with Crippen molar-refractivity contribution in [3.8, 4) is 11.3 Å². The number of hydrogen-bond donors (Lipinski definition) is 2. The highest BCUT2D eigenvalue weighted by Gasteiger charge is 2.23. The second-order valence-electron chi connectivity index (χ2n) is 6.02. The number of amides is 1. The second-order valence-corrected chi connectivity index (χ2v) is 6.02. The van der Waals surface area contributed by atoms with Crippen LogP contribution in [-0.2, 0) is 9.53 Å². The number of aryl methyl sites for hydroxylation is 1. The van der Waals surface area contributed by atoms with Gasteiger partial charge in [-0.3, -0.25) is 9.78 Å². The molecule has 24 heavy (non-hydrogen) atoms. The molecule has 1 aliphatic rings. The summed E-state index contributed by atoms with van der Waals surface area (Å²) in [5, 5.41) is 3.82. The fraction of sp³-hybridized carbons (Fsp3) is 0.278. The molecule has 1 saturated heterocycles. The fourth-order valence-corrected chi connectivity index (χ4v) is 2.95. The number of pyridine rings is 2. The summed E-state index contributed by atoms with van der Waals surface area (Å²) in [6, 6.07) is 7.88. The van der Waals surface area contributed by atoms with Crippen molar-refractivity contribution in [1.82, 2.24) is 15.0 Å². The summed E-state index contributed by atoms with van der Waals surface area (Å²) >= 11 is 0. The number of carbonyl (C=O) groups excluding carboxylic acids is 1. The Bertz CT molecular complexity index is 897.